The Kier molecular flexibility index (Phi) is 4.67. The maximum absolute atomic E-state index is 12.0. The third-order valence-electron chi connectivity index (χ3n) is 5.16. The lowest BCUT2D eigenvalue weighted by atomic mass is 9.85. The zero-order valence-electron chi connectivity index (χ0n) is 13.9. The lowest BCUT2D eigenvalue weighted by molar-refractivity contribution is -0.127. The van der Waals surface area contributed by atoms with E-state index >= 15 is 0 Å². The molecule has 0 unspecified atom stereocenters. The number of amides is 1. The minimum absolute atomic E-state index is 0.244. The van der Waals surface area contributed by atoms with Crippen molar-refractivity contribution >= 4 is 17.2 Å². The minimum atomic E-state index is 0.244. The summed E-state index contributed by atoms with van der Waals surface area (Å²) in [6.45, 7) is 3.68. The van der Waals surface area contributed by atoms with E-state index in [2.05, 4.69) is 43.6 Å². The number of hydrogen-bond donors (Lipinski definition) is 1. The van der Waals surface area contributed by atoms with E-state index in [0.29, 0.717) is 6.04 Å². The van der Waals surface area contributed by atoms with E-state index in [1.807, 2.05) is 17.5 Å². The van der Waals surface area contributed by atoms with Gasteiger partial charge >= 0.3 is 0 Å². The van der Waals surface area contributed by atoms with Crippen LogP contribution < -0.4 is 5.32 Å². The molecule has 1 atom stereocenters. The third-order valence-corrected chi connectivity index (χ3v) is 6.03. The summed E-state index contributed by atoms with van der Waals surface area (Å²) in [7, 11) is 0. The SMILES string of the molecule is O=C(NCC[C@H]1CN(Cc2cccs2)Cc2ccnn21)C1CCC1. The van der Waals surface area contributed by atoms with Gasteiger partial charge in [0.2, 0.25) is 5.91 Å². The molecular weight excluding hydrogens is 320 g/mol. The number of aromatic nitrogens is 2. The molecule has 24 heavy (non-hydrogen) atoms. The molecular formula is C18H24N4OS. The van der Waals surface area contributed by atoms with Crippen molar-refractivity contribution in [2.75, 3.05) is 13.1 Å². The smallest absolute Gasteiger partial charge is 0.223 e. The van der Waals surface area contributed by atoms with Gasteiger partial charge in [-0.3, -0.25) is 14.4 Å². The molecule has 1 amide bonds. The summed E-state index contributed by atoms with van der Waals surface area (Å²) < 4.78 is 2.15. The summed E-state index contributed by atoms with van der Waals surface area (Å²) in [4.78, 5) is 15.9. The van der Waals surface area contributed by atoms with Crippen LogP contribution in [0.25, 0.3) is 0 Å². The Hall–Kier alpha value is -1.66. The molecule has 1 aliphatic carbocycles. The predicted octanol–water partition coefficient (Wildman–Crippen LogP) is 2.81. The average molecular weight is 344 g/mol. The van der Waals surface area contributed by atoms with Gasteiger partial charge in [-0.15, -0.1) is 11.3 Å². The monoisotopic (exact) mass is 344 g/mol. The second-order valence-corrected chi connectivity index (χ2v) is 7.91. The number of carbonyl (C=O) groups is 1. The molecule has 3 heterocycles. The van der Waals surface area contributed by atoms with Gasteiger partial charge in [0, 0.05) is 43.2 Å². The van der Waals surface area contributed by atoms with E-state index in [4.69, 9.17) is 0 Å². The molecule has 2 aliphatic rings. The molecule has 1 saturated carbocycles. The van der Waals surface area contributed by atoms with Gasteiger partial charge in [-0.1, -0.05) is 12.5 Å². The van der Waals surface area contributed by atoms with Crippen molar-refractivity contribution in [2.45, 2.75) is 44.8 Å². The molecule has 128 valence electrons. The van der Waals surface area contributed by atoms with Gasteiger partial charge in [0.1, 0.15) is 0 Å². The van der Waals surface area contributed by atoms with Gasteiger partial charge in [0.15, 0.2) is 0 Å². The lowest BCUT2D eigenvalue weighted by Crippen LogP contribution is -2.40. The van der Waals surface area contributed by atoms with Gasteiger partial charge in [-0.05, 0) is 36.8 Å². The zero-order chi connectivity index (χ0) is 16.4. The van der Waals surface area contributed by atoms with Gasteiger partial charge < -0.3 is 5.32 Å². The fraction of sp³-hybridized carbons (Fsp3) is 0.556. The van der Waals surface area contributed by atoms with Crippen LogP contribution in [-0.2, 0) is 17.9 Å². The molecule has 0 spiro atoms. The molecule has 0 aromatic carbocycles. The van der Waals surface area contributed by atoms with E-state index in [1.54, 1.807) is 0 Å². The van der Waals surface area contributed by atoms with Crippen LogP contribution in [0.15, 0.2) is 29.8 Å². The quantitative estimate of drug-likeness (QED) is 0.877. The summed E-state index contributed by atoms with van der Waals surface area (Å²) in [6.07, 6.45) is 6.16. The van der Waals surface area contributed by atoms with E-state index in [9.17, 15) is 4.79 Å². The first kappa shape index (κ1) is 15.8. The number of rotatable bonds is 6. The minimum Gasteiger partial charge on any atom is -0.356 e. The number of nitrogens with one attached hydrogen (secondary N) is 1. The van der Waals surface area contributed by atoms with E-state index in [0.717, 1.165) is 45.4 Å². The first-order valence-electron chi connectivity index (χ1n) is 8.84. The van der Waals surface area contributed by atoms with Gasteiger partial charge in [0.05, 0.1) is 11.7 Å². The molecule has 4 rings (SSSR count). The Bertz CT molecular complexity index is 677. The number of nitrogens with zero attached hydrogens (tertiary/aromatic N) is 3. The first-order chi connectivity index (χ1) is 11.8. The molecule has 2 aromatic heterocycles. The summed E-state index contributed by atoms with van der Waals surface area (Å²) >= 11 is 1.81. The average Bonchev–Trinajstić information content (AvgIpc) is 3.16. The Labute approximate surface area is 146 Å². The Balaban J connectivity index is 1.35. The van der Waals surface area contributed by atoms with Crippen molar-refractivity contribution in [1.29, 1.82) is 0 Å². The topological polar surface area (TPSA) is 50.2 Å². The van der Waals surface area contributed by atoms with Crippen LogP contribution in [0.1, 0.15) is 42.3 Å². The van der Waals surface area contributed by atoms with Crippen molar-refractivity contribution in [2.24, 2.45) is 5.92 Å². The van der Waals surface area contributed by atoms with Crippen LogP contribution in [0, 0.1) is 5.92 Å². The first-order valence-corrected chi connectivity index (χ1v) is 9.72. The number of carbonyl (C=O) groups excluding carboxylic acids is 1. The highest BCUT2D eigenvalue weighted by Gasteiger charge is 2.27. The van der Waals surface area contributed by atoms with Crippen molar-refractivity contribution < 1.29 is 4.79 Å². The molecule has 6 heteroatoms. The summed E-state index contributed by atoms with van der Waals surface area (Å²) in [5, 5.41) is 9.76. The fourth-order valence-corrected chi connectivity index (χ4v) is 4.34. The summed E-state index contributed by atoms with van der Waals surface area (Å²) in [6, 6.07) is 6.76. The van der Waals surface area contributed by atoms with Crippen LogP contribution in [0.3, 0.4) is 0 Å². The number of thiophene rings is 1. The molecule has 5 nitrogen and oxygen atoms in total. The van der Waals surface area contributed by atoms with Gasteiger partial charge in [0.25, 0.3) is 0 Å². The van der Waals surface area contributed by atoms with E-state index in [-0.39, 0.29) is 11.8 Å². The lowest BCUT2D eigenvalue weighted by Gasteiger charge is -2.34. The van der Waals surface area contributed by atoms with Crippen molar-refractivity contribution in [3.63, 3.8) is 0 Å². The maximum atomic E-state index is 12.0. The standard InChI is InChI=1S/C18H24N4OS/c23-18(14-3-1-4-14)19-8-6-15-11-21(13-17-5-2-10-24-17)12-16-7-9-20-22(15)16/h2,5,7,9-10,14-15H,1,3-4,6,8,11-13H2,(H,19,23)/t15-/m0/s1. The molecule has 2 aromatic rings. The van der Waals surface area contributed by atoms with E-state index in [1.165, 1.54) is 17.0 Å². The predicted molar refractivity (Wildman–Crippen MR) is 94.7 cm³/mol. The second-order valence-electron chi connectivity index (χ2n) is 6.88. The normalized spacial score (nSPS) is 21.2. The zero-order valence-corrected chi connectivity index (χ0v) is 14.7. The molecule has 1 N–H and O–H groups in total. The number of fused-ring (bicyclic) bond motifs is 1. The maximum Gasteiger partial charge on any atom is 0.223 e. The summed E-state index contributed by atoms with van der Waals surface area (Å²) in [5.41, 5.74) is 1.27. The second kappa shape index (κ2) is 7.07. The Morgan fingerprint density at radius 3 is 3.04 bits per heavy atom. The molecule has 0 radical (unpaired) electrons. The van der Waals surface area contributed by atoms with Crippen molar-refractivity contribution in [3.05, 3.63) is 40.3 Å². The molecule has 1 aliphatic heterocycles. The molecule has 1 fully saturated rings. The Morgan fingerprint density at radius 1 is 1.38 bits per heavy atom. The van der Waals surface area contributed by atoms with Crippen LogP contribution >= 0.6 is 11.3 Å². The third kappa shape index (κ3) is 3.39. The molecule has 0 bridgehead atoms. The highest BCUT2D eigenvalue weighted by atomic mass is 32.1. The van der Waals surface area contributed by atoms with Crippen LogP contribution in [0.2, 0.25) is 0 Å². The van der Waals surface area contributed by atoms with Gasteiger partial charge in [-0.2, -0.15) is 5.10 Å². The largest absolute Gasteiger partial charge is 0.356 e. The van der Waals surface area contributed by atoms with Crippen LogP contribution in [0.5, 0.6) is 0 Å². The highest BCUT2D eigenvalue weighted by molar-refractivity contribution is 7.09. The van der Waals surface area contributed by atoms with Gasteiger partial charge in [-0.25, -0.2) is 0 Å². The van der Waals surface area contributed by atoms with Crippen LogP contribution in [0.4, 0.5) is 0 Å². The van der Waals surface area contributed by atoms with Crippen molar-refractivity contribution in [3.8, 4) is 0 Å². The van der Waals surface area contributed by atoms with Crippen molar-refractivity contribution in [1.82, 2.24) is 20.0 Å². The van der Waals surface area contributed by atoms with Crippen LogP contribution in [-0.4, -0.2) is 33.7 Å². The summed E-state index contributed by atoms with van der Waals surface area (Å²) in [5.74, 6) is 0.514. The molecule has 0 saturated heterocycles. The fourth-order valence-electron chi connectivity index (χ4n) is 3.60. The highest BCUT2D eigenvalue weighted by Crippen LogP contribution is 2.27. The van der Waals surface area contributed by atoms with E-state index < -0.39 is 0 Å². The Morgan fingerprint density at radius 2 is 2.29 bits per heavy atom. The number of hydrogen-bond acceptors (Lipinski definition) is 4.